The Bertz CT molecular complexity index is 768. The molecule has 0 amide bonds. The first-order chi connectivity index (χ1) is 13.1. The van der Waals surface area contributed by atoms with E-state index in [0.29, 0.717) is 18.1 Å². The standard InChI is InChI=1S/C20H30N4O3.ClH/c1-5-24-20(14-7-9-16(25-2)15(21)12-14)22-19(23-24)11-13-6-8-17(26-3)18(10-13)27-4;/h6,8,10,14-16H,5,7,9,11-12,21H2,1-4H3;1H/t14-,15+,16+;/m0./s1. The van der Waals surface area contributed by atoms with Crippen molar-refractivity contribution in [2.75, 3.05) is 21.3 Å². The highest BCUT2D eigenvalue weighted by Gasteiger charge is 2.31. The molecular formula is C20H31ClN4O3. The van der Waals surface area contributed by atoms with Crippen LogP contribution in [-0.2, 0) is 17.7 Å². The van der Waals surface area contributed by atoms with Crippen LogP contribution in [0, 0.1) is 0 Å². The topological polar surface area (TPSA) is 84.4 Å². The van der Waals surface area contributed by atoms with E-state index in [1.807, 2.05) is 22.9 Å². The number of aryl methyl sites for hydroxylation is 1. The minimum Gasteiger partial charge on any atom is -0.493 e. The molecule has 7 nitrogen and oxygen atoms in total. The van der Waals surface area contributed by atoms with Crippen molar-refractivity contribution in [1.29, 1.82) is 0 Å². The van der Waals surface area contributed by atoms with Crippen LogP contribution in [0.4, 0.5) is 0 Å². The van der Waals surface area contributed by atoms with Gasteiger partial charge in [-0.2, -0.15) is 5.10 Å². The van der Waals surface area contributed by atoms with E-state index < -0.39 is 0 Å². The maximum atomic E-state index is 6.29. The Morgan fingerprint density at radius 3 is 2.50 bits per heavy atom. The van der Waals surface area contributed by atoms with Gasteiger partial charge in [-0.25, -0.2) is 9.67 Å². The fourth-order valence-corrected chi connectivity index (χ4v) is 3.89. The minimum absolute atomic E-state index is 0. The summed E-state index contributed by atoms with van der Waals surface area (Å²) in [6.07, 6.45) is 3.67. The van der Waals surface area contributed by atoms with Gasteiger partial charge < -0.3 is 19.9 Å². The van der Waals surface area contributed by atoms with Gasteiger partial charge in [0.1, 0.15) is 5.82 Å². The average molecular weight is 411 g/mol. The van der Waals surface area contributed by atoms with Gasteiger partial charge in [0.15, 0.2) is 17.3 Å². The summed E-state index contributed by atoms with van der Waals surface area (Å²) in [6.45, 7) is 2.90. The molecule has 3 atom stereocenters. The Kier molecular flexibility index (Phi) is 8.10. The van der Waals surface area contributed by atoms with Crippen molar-refractivity contribution >= 4 is 12.4 Å². The number of hydrogen-bond acceptors (Lipinski definition) is 6. The molecule has 0 bridgehead atoms. The Morgan fingerprint density at radius 2 is 1.89 bits per heavy atom. The fraction of sp³-hybridized carbons (Fsp3) is 0.600. The van der Waals surface area contributed by atoms with E-state index in [9.17, 15) is 0 Å². The van der Waals surface area contributed by atoms with Crippen LogP contribution >= 0.6 is 12.4 Å². The van der Waals surface area contributed by atoms with Crippen molar-refractivity contribution in [2.45, 2.75) is 57.2 Å². The molecule has 3 rings (SSSR count). The molecule has 1 aliphatic carbocycles. The number of rotatable bonds is 7. The number of benzene rings is 1. The van der Waals surface area contributed by atoms with Crippen LogP contribution < -0.4 is 15.2 Å². The lowest BCUT2D eigenvalue weighted by molar-refractivity contribution is 0.0480. The fourth-order valence-electron chi connectivity index (χ4n) is 3.89. The quantitative estimate of drug-likeness (QED) is 0.755. The maximum Gasteiger partial charge on any atom is 0.161 e. The van der Waals surface area contributed by atoms with E-state index >= 15 is 0 Å². The molecule has 28 heavy (non-hydrogen) atoms. The largest absolute Gasteiger partial charge is 0.493 e. The van der Waals surface area contributed by atoms with Gasteiger partial charge in [-0.15, -0.1) is 12.4 Å². The lowest BCUT2D eigenvalue weighted by Crippen LogP contribution is -2.41. The highest BCUT2D eigenvalue weighted by atomic mass is 35.5. The van der Waals surface area contributed by atoms with Gasteiger partial charge in [-0.3, -0.25) is 0 Å². The van der Waals surface area contributed by atoms with Gasteiger partial charge in [0, 0.05) is 32.0 Å². The molecule has 1 aromatic heterocycles. The number of nitrogens with zero attached hydrogens (tertiary/aromatic N) is 3. The number of nitrogens with two attached hydrogens (primary N) is 1. The van der Waals surface area contributed by atoms with E-state index in [-0.39, 0.29) is 24.6 Å². The van der Waals surface area contributed by atoms with Crippen molar-refractivity contribution < 1.29 is 14.2 Å². The molecule has 8 heteroatoms. The van der Waals surface area contributed by atoms with Crippen LogP contribution in [0.2, 0.25) is 0 Å². The van der Waals surface area contributed by atoms with Crippen molar-refractivity contribution in [1.82, 2.24) is 14.8 Å². The van der Waals surface area contributed by atoms with Crippen molar-refractivity contribution in [3.05, 3.63) is 35.4 Å². The Hall–Kier alpha value is -1.83. The van der Waals surface area contributed by atoms with Crippen LogP contribution in [0.5, 0.6) is 11.5 Å². The maximum absolute atomic E-state index is 6.29. The summed E-state index contributed by atoms with van der Waals surface area (Å²) in [5.41, 5.74) is 7.38. The second-order valence-corrected chi connectivity index (χ2v) is 7.02. The number of ether oxygens (including phenoxy) is 3. The van der Waals surface area contributed by atoms with Crippen molar-refractivity contribution in [3.8, 4) is 11.5 Å². The molecule has 0 spiro atoms. The monoisotopic (exact) mass is 410 g/mol. The van der Waals surface area contributed by atoms with Gasteiger partial charge in [0.05, 0.1) is 20.3 Å². The van der Waals surface area contributed by atoms with Crippen LogP contribution in [0.25, 0.3) is 0 Å². The number of aromatic nitrogens is 3. The summed E-state index contributed by atoms with van der Waals surface area (Å²) in [4.78, 5) is 4.87. The summed E-state index contributed by atoms with van der Waals surface area (Å²) < 4.78 is 18.2. The van der Waals surface area contributed by atoms with Crippen LogP contribution in [0.1, 0.15) is 49.3 Å². The van der Waals surface area contributed by atoms with E-state index in [0.717, 1.165) is 48.8 Å². The number of hydrogen-bond donors (Lipinski definition) is 1. The molecule has 156 valence electrons. The summed E-state index contributed by atoms with van der Waals surface area (Å²) >= 11 is 0. The zero-order chi connectivity index (χ0) is 19.4. The molecule has 2 N–H and O–H groups in total. The van der Waals surface area contributed by atoms with Crippen molar-refractivity contribution in [3.63, 3.8) is 0 Å². The first-order valence-corrected chi connectivity index (χ1v) is 9.52. The molecular weight excluding hydrogens is 380 g/mol. The molecule has 1 heterocycles. The molecule has 1 saturated carbocycles. The molecule has 0 radical (unpaired) electrons. The zero-order valence-corrected chi connectivity index (χ0v) is 17.9. The third kappa shape index (κ3) is 4.77. The Balaban J connectivity index is 0.00000280. The number of halogens is 1. The van der Waals surface area contributed by atoms with Crippen LogP contribution in [0.3, 0.4) is 0 Å². The second-order valence-electron chi connectivity index (χ2n) is 7.02. The molecule has 1 aromatic carbocycles. The highest BCUT2D eigenvalue weighted by Crippen LogP contribution is 2.33. The normalized spacial score (nSPS) is 21.8. The van der Waals surface area contributed by atoms with E-state index in [1.165, 1.54) is 0 Å². The second kappa shape index (κ2) is 10.1. The lowest BCUT2D eigenvalue weighted by Gasteiger charge is -2.32. The van der Waals surface area contributed by atoms with E-state index in [1.54, 1.807) is 21.3 Å². The molecule has 0 aliphatic heterocycles. The van der Waals surface area contributed by atoms with Crippen molar-refractivity contribution in [2.24, 2.45) is 5.73 Å². The third-order valence-corrected chi connectivity index (χ3v) is 5.36. The van der Waals surface area contributed by atoms with E-state index in [2.05, 4.69) is 6.92 Å². The summed E-state index contributed by atoms with van der Waals surface area (Å²) in [5.74, 6) is 3.63. The zero-order valence-electron chi connectivity index (χ0n) is 17.1. The number of methoxy groups -OCH3 is 3. The van der Waals surface area contributed by atoms with Gasteiger partial charge in [-0.05, 0) is 43.9 Å². The predicted octanol–water partition coefficient (Wildman–Crippen LogP) is 2.94. The van der Waals surface area contributed by atoms with Gasteiger partial charge >= 0.3 is 0 Å². The van der Waals surface area contributed by atoms with Gasteiger partial charge in [0.2, 0.25) is 0 Å². The average Bonchev–Trinajstić information content (AvgIpc) is 3.10. The van der Waals surface area contributed by atoms with Gasteiger partial charge in [0.25, 0.3) is 0 Å². The summed E-state index contributed by atoms with van der Waals surface area (Å²) in [5, 5.41) is 4.72. The first-order valence-electron chi connectivity index (χ1n) is 9.52. The highest BCUT2D eigenvalue weighted by molar-refractivity contribution is 5.85. The molecule has 2 aromatic rings. The molecule has 0 saturated heterocycles. The minimum atomic E-state index is 0. The Morgan fingerprint density at radius 1 is 1.14 bits per heavy atom. The predicted molar refractivity (Wildman–Crippen MR) is 111 cm³/mol. The SMILES string of the molecule is CCn1nc(Cc2ccc(OC)c(OC)c2)nc1[C@H]1CC[C@@H](OC)[C@H](N)C1.Cl. The van der Waals surface area contributed by atoms with Crippen LogP contribution in [-0.4, -0.2) is 48.2 Å². The molecule has 0 unspecified atom stereocenters. The van der Waals surface area contributed by atoms with E-state index in [4.69, 9.17) is 30.0 Å². The molecule has 1 fully saturated rings. The summed E-state index contributed by atoms with van der Waals surface area (Å²) in [7, 11) is 5.02. The third-order valence-electron chi connectivity index (χ3n) is 5.36. The van der Waals surface area contributed by atoms with Gasteiger partial charge in [-0.1, -0.05) is 6.07 Å². The van der Waals surface area contributed by atoms with Crippen LogP contribution in [0.15, 0.2) is 18.2 Å². The summed E-state index contributed by atoms with van der Waals surface area (Å²) in [6, 6.07) is 5.96. The smallest absolute Gasteiger partial charge is 0.161 e. The molecule has 1 aliphatic rings. The Labute approximate surface area is 173 Å². The first kappa shape index (κ1) is 22.5. The lowest BCUT2D eigenvalue weighted by atomic mass is 9.83.